The van der Waals surface area contributed by atoms with Crippen LogP contribution in [0.2, 0.25) is 0 Å². The van der Waals surface area contributed by atoms with E-state index >= 15 is 0 Å². The lowest BCUT2D eigenvalue weighted by Crippen LogP contribution is -2.61. The van der Waals surface area contributed by atoms with E-state index in [9.17, 15) is 29.4 Å². The van der Waals surface area contributed by atoms with Gasteiger partial charge in [0.05, 0.1) is 12.1 Å². The molecule has 0 fully saturated rings. The zero-order chi connectivity index (χ0) is 26.0. The highest BCUT2D eigenvalue weighted by Crippen LogP contribution is 2.09. The Balaban J connectivity index is 2.94. The van der Waals surface area contributed by atoms with Crippen molar-refractivity contribution >= 4 is 23.7 Å². The van der Waals surface area contributed by atoms with E-state index in [-0.39, 0.29) is 18.3 Å². The maximum atomic E-state index is 12.9. The Labute approximate surface area is 200 Å². The number of aliphatic hydroxyl groups excluding tert-OH is 1. The number of aliphatic carboxylic acids is 1. The van der Waals surface area contributed by atoms with Gasteiger partial charge < -0.3 is 31.9 Å². The number of carbonyl (C=O) groups excluding carboxylic acids is 3. The molecule has 0 radical (unpaired) electrons. The Bertz CT molecular complexity index is 830. The Morgan fingerprint density at radius 1 is 0.882 bits per heavy atom. The second-order valence-corrected chi connectivity index (χ2v) is 8.96. The van der Waals surface area contributed by atoms with E-state index in [0.29, 0.717) is 12.0 Å². The third-order valence-electron chi connectivity index (χ3n) is 5.77. The number of carboxylic acid groups (broad SMARTS) is 1. The first-order valence-electron chi connectivity index (χ1n) is 11.5. The van der Waals surface area contributed by atoms with Gasteiger partial charge in [0.15, 0.2) is 0 Å². The van der Waals surface area contributed by atoms with Gasteiger partial charge in [-0.1, -0.05) is 64.4 Å². The topological polar surface area (TPSA) is 171 Å². The van der Waals surface area contributed by atoms with Crippen molar-refractivity contribution in [3.63, 3.8) is 0 Å². The van der Waals surface area contributed by atoms with Gasteiger partial charge in [0.1, 0.15) is 18.1 Å². The van der Waals surface area contributed by atoms with Crippen LogP contribution in [-0.4, -0.2) is 64.2 Å². The second kappa shape index (κ2) is 13.7. The number of carbonyl (C=O) groups is 4. The van der Waals surface area contributed by atoms with Crippen LogP contribution in [0.5, 0.6) is 0 Å². The molecule has 0 bridgehead atoms. The molecule has 0 saturated heterocycles. The molecule has 0 saturated carbocycles. The highest BCUT2D eigenvalue weighted by Gasteiger charge is 2.34. The number of nitrogens with one attached hydrogen (secondary N) is 3. The summed E-state index contributed by atoms with van der Waals surface area (Å²) in [7, 11) is 0. The normalized spacial score (nSPS) is 16.5. The molecular formula is C24H38N4O6. The number of carboxylic acids is 1. The molecule has 0 heterocycles. The molecule has 1 aromatic rings. The van der Waals surface area contributed by atoms with Crippen molar-refractivity contribution in [3.05, 3.63) is 35.9 Å². The van der Waals surface area contributed by atoms with Crippen LogP contribution in [0.4, 0.5) is 0 Å². The van der Waals surface area contributed by atoms with E-state index in [2.05, 4.69) is 16.0 Å². The summed E-state index contributed by atoms with van der Waals surface area (Å²) in [5, 5.41) is 27.1. The van der Waals surface area contributed by atoms with Gasteiger partial charge in [-0.25, -0.2) is 4.79 Å². The van der Waals surface area contributed by atoms with E-state index in [1.807, 2.05) is 13.8 Å². The van der Waals surface area contributed by atoms with Crippen LogP contribution in [0.1, 0.15) is 46.6 Å². The van der Waals surface area contributed by atoms with Crippen molar-refractivity contribution in [3.8, 4) is 0 Å². The Morgan fingerprint density at radius 3 is 1.88 bits per heavy atom. The molecule has 3 amide bonds. The summed E-state index contributed by atoms with van der Waals surface area (Å²) >= 11 is 0. The number of amides is 3. The standard InChI is InChI=1S/C24H38N4O6/c1-6-14(4)18(25)21(30)27-19(13(2)3)22(31)28-20(15(5)29)23(32)26-17(24(33)34)12-16-10-8-7-9-11-16/h7-11,13-15,17-20,29H,6,12,25H2,1-5H3,(H,26,32)(H,27,30)(H,28,31)(H,33,34). The zero-order valence-corrected chi connectivity index (χ0v) is 20.4. The summed E-state index contributed by atoms with van der Waals surface area (Å²) in [6.45, 7) is 8.47. The quantitative estimate of drug-likeness (QED) is 0.235. The van der Waals surface area contributed by atoms with Crippen molar-refractivity contribution in [2.24, 2.45) is 17.6 Å². The van der Waals surface area contributed by atoms with E-state index < -0.39 is 54.0 Å². The number of hydrogen-bond acceptors (Lipinski definition) is 6. The summed E-state index contributed by atoms with van der Waals surface area (Å²) in [6.07, 6.45) is -0.605. The van der Waals surface area contributed by atoms with Gasteiger partial charge in [0, 0.05) is 6.42 Å². The van der Waals surface area contributed by atoms with Crippen LogP contribution >= 0.6 is 0 Å². The van der Waals surface area contributed by atoms with Gasteiger partial charge in [0.2, 0.25) is 17.7 Å². The number of nitrogens with two attached hydrogens (primary N) is 1. The summed E-state index contributed by atoms with van der Waals surface area (Å²) < 4.78 is 0. The molecule has 34 heavy (non-hydrogen) atoms. The number of rotatable bonds is 13. The fourth-order valence-electron chi connectivity index (χ4n) is 3.26. The van der Waals surface area contributed by atoms with Crippen LogP contribution in [0, 0.1) is 11.8 Å². The van der Waals surface area contributed by atoms with Crippen molar-refractivity contribution in [1.29, 1.82) is 0 Å². The molecule has 0 spiro atoms. The van der Waals surface area contributed by atoms with Crippen LogP contribution in [0.3, 0.4) is 0 Å². The van der Waals surface area contributed by atoms with Gasteiger partial charge in [-0.3, -0.25) is 14.4 Å². The molecule has 0 aliphatic rings. The first-order chi connectivity index (χ1) is 15.9. The van der Waals surface area contributed by atoms with E-state index in [4.69, 9.17) is 5.73 Å². The van der Waals surface area contributed by atoms with Crippen molar-refractivity contribution < 1.29 is 29.4 Å². The molecule has 6 unspecified atom stereocenters. The van der Waals surface area contributed by atoms with Gasteiger partial charge in [-0.15, -0.1) is 0 Å². The molecular weight excluding hydrogens is 440 g/mol. The molecule has 7 N–H and O–H groups in total. The lowest BCUT2D eigenvalue weighted by Gasteiger charge is -2.28. The largest absolute Gasteiger partial charge is 0.480 e. The van der Waals surface area contributed by atoms with E-state index in [1.54, 1.807) is 44.2 Å². The smallest absolute Gasteiger partial charge is 0.326 e. The minimum Gasteiger partial charge on any atom is -0.480 e. The van der Waals surface area contributed by atoms with Gasteiger partial charge in [-0.05, 0) is 24.3 Å². The Hall–Kier alpha value is -2.98. The summed E-state index contributed by atoms with van der Waals surface area (Å²) in [5.74, 6) is -3.71. The number of hydrogen-bond donors (Lipinski definition) is 6. The average molecular weight is 479 g/mol. The van der Waals surface area contributed by atoms with Gasteiger partial charge in [0.25, 0.3) is 0 Å². The second-order valence-electron chi connectivity index (χ2n) is 8.96. The van der Waals surface area contributed by atoms with Crippen molar-refractivity contribution in [1.82, 2.24) is 16.0 Å². The maximum absolute atomic E-state index is 12.9. The molecule has 10 heteroatoms. The summed E-state index contributed by atoms with van der Waals surface area (Å²) in [6, 6.07) is 4.27. The third kappa shape index (κ3) is 8.75. The van der Waals surface area contributed by atoms with Crippen LogP contribution < -0.4 is 21.7 Å². The van der Waals surface area contributed by atoms with E-state index in [1.165, 1.54) is 6.92 Å². The van der Waals surface area contributed by atoms with Crippen LogP contribution in [-0.2, 0) is 25.6 Å². The molecule has 10 nitrogen and oxygen atoms in total. The van der Waals surface area contributed by atoms with E-state index in [0.717, 1.165) is 0 Å². The lowest BCUT2D eigenvalue weighted by molar-refractivity contribution is -0.143. The van der Waals surface area contributed by atoms with Crippen molar-refractivity contribution in [2.45, 2.75) is 77.7 Å². The minimum absolute atomic E-state index is 0.0283. The van der Waals surface area contributed by atoms with Crippen molar-refractivity contribution in [2.75, 3.05) is 0 Å². The predicted molar refractivity (Wildman–Crippen MR) is 128 cm³/mol. The fourth-order valence-corrected chi connectivity index (χ4v) is 3.26. The molecule has 0 aliphatic heterocycles. The third-order valence-corrected chi connectivity index (χ3v) is 5.77. The highest BCUT2D eigenvalue weighted by atomic mass is 16.4. The van der Waals surface area contributed by atoms with Crippen LogP contribution in [0.25, 0.3) is 0 Å². The SMILES string of the molecule is CCC(C)C(N)C(=O)NC(C(=O)NC(C(=O)NC(Cc1ccccc1)C(=O)O)C(C)O)C(C)C. The minimum atomic E-state index is -1.42. The molecule has 0 aliphatic carbocycles. The number of benzene rings is 1. The average Bonchev–Trinajstić information content (AvgIpc) is 2.79. The molecule has 0 aromatic heterocycles. The monoisotopic (exact) mass is 478 g/mol. The summed E-state index contributed by atoms with van der Waals surface area (Å²) in [5.41, 5.74) is 6.66. The Kier molecular flexibility index (Phi) is 11.7. The molecule has 1 aromatic carbocycles. The summed E-state index contributed by atoms with van der Waals surface area (Å²) in [4.78, 5) is 50.0. The Morgan fingerprint density at radius 2 is 1.41 bits per heavy atom. The fraction of sp³-hybridized carbons (Fsp3) is 0.583. The lowest BCUT2D eigenvalue weighted by atomic mass is 9.97. The molecule has 6 atom stereocenters. The molecule has 190 valence electrons. The first-order valence-corrected chi connectivity index (χ1v) is 11.5. The highest BCUT2D eigenvalue weighted by molar-refractivity contribution is 5.94. The van der Waals surface area contributed by atoms with Gasteiger partial charge >= 0.3 is 5.97 Å². The molecule has 1 rings (SSSR count). The van der Waals surface area contributed by atoms with Gasteiger partial charge in [-0.2, -0.15) is 0 Å². The zero-order valence-electron chi connectivity index (χ0n) is 20.4. The first kappa shape index (κ1) is 29.1. The predicted octanol–water partition coefficient (Wildman–Crippen LogP) is 0.178. The number of aliphatic hydroxyl groups is 1. The maximum Gasteiger partial charge on any atom is 0.326 e. The van der Waals surface area contributed by atoms with Crippen LogP contribution in [0.15, 0.2) is 30.3 Å².